The molecule has 1 heterocycles. The van der Waals surface area contributed by atoms with Crippen molar-refractivity contribution >= 4 is 11.8 Å². The van der Waals surface area contributed by atoms with Crippen LogP contribution in [-0.4, -0.2) is 32.5 Å². The second kappa shape index (κ2) is 5.44. The van der Waals surface area contributed by atoms with Crippen LogP contribution in [0.25, 0.3) is 0 Å². The fraction of sp³-hybridized carbons (Fsp3) is 0.600. The van der Waals surface area contributed by atoms with E-state index >= 15 is 0 Å². The Morgan fingerprint density at radius 2 is 2.33 bits per heavy atom. The van der Waals surface area contributed by atoms with Crippen molar-refractivity contribution in [3.63, 3.8) is 0 Å². The molecule has 1 aromatic heterocycles. The highest BCUT2D eigenvalue weighted by molar-refractivity contribution is 7.99. The summed E-state index contributed by atoms with van der Waals surface area (Å²) in [6, 6.07) is 0. The van der Waals surface area contributed by atoms with E-state index < -0.39 is 5.60 Å². The van der Waals surface area contributed by atoms with Crippen LogP contribution in [-0.2, 0) is 0 Å². The van der Waals surface area contributed by atoms with Crippen LogP contribution in [0.4, 0.5) is 0 Å². The molecular formula is C10H17N3OS. The molecule has 0 fully saturated rings. The number of thioether (sulfide) groups is 1. The highest BCUT2D eigenvalue weighted by Gasteiger charge is 2.22. The lowest BCUT2D eigenvalue weighted by Crippen LogP contribution is -2.36. The molecule has 0 aliphatic heterocycles. The smallest absolute Gasteiger partial charge is 0.115 e. The van der Waals surface area contributed by atoms with Crippen LogP contribution in [0, 0.1) is 0 Å². The number of hydrogen-bond acceptors (Lipinski definition) is 5. The largest absolute Gasteiger partial charge is 0.389 e. The van der Waals surface area contributed by atoms with Crippen molar-refractivity contribution in [2.75, 3.05) is 6.54 Å². The summed E-state index contributed by atoms with van der Waals surface area (Å²) in [4.78, 5) is 8.15. The number of rotatable bonds is 5. The topological polar surface area (TPSA) is 72.0 Å². The van der Waals surface area contributed by atoms with Crippen LogP contribution >= 0.6 is 11.8 Å². The second-order valence-electron chi connectivity index (χ2n) is 3.88. The minimum atomic E-state index is -0.797. The first-order valence-corrected chi connectivity index (χ1v) is 5.76. The van der Waals surface area contributed by atoms with Crippen LogP contribution < -0.4 is 5.73 Å². The minimum absolute atomic E-state index is 0.264. The number of aromatic nitrogens is 2. The molecule has 0 saturated carbocycles. The summed E-state index contributed by atoms with van der Waals surface area (Å²) in [7, 11) is 0. The standard InChI is InChI=1S/C10H17N3OS/c1-8(5-10(2,14)7-11)15-9-6-12-3-4-13-9/h3-4,6,8,14H,5,7,11H2,1-2H3. The molecule has 3 N–H and O–H groups in total. The highest BCUT2D eigenvalue weighted by atomic mass is 32.2. The quantitative estimate of drug-likeness (QED) is 0.736. The van der Waals surface area contributed by atoms with E-state index in [4.69, 9.17) is 5.73 Å². The molecular weight excluding hydrogens is 210 g/mol. The summed E-state index contributed by atoms with van der Waals surface area (Å²) >= 11 is 1.60. The normalized spacial score (nSPS) is 17.1. The summed E-state index contributed by atoms with van der Waals surface area (Å²) in [5, 5.41) is 10.9. The van der Waals surface area contributed by atoms with Crippen molar-refractivity contribution in [1.29, 1.82) is 0 Å². The van der Waals surface area contributed by atoms with Crippen molar-refractivity contribution in [1.82, 2.24) is 9.97 Å². The molecule has 0 aromatic carbocycles. The molecule has 2 unspecified atom stereocenters. The van der Waals surface area contributed by atoms with E-state index in [9.17, 15) is 5.11 Å². The van der Waals surface area contributed by atoms with Crippen LogP contribution in [0.3, 0.4) is 0 Å². The summed E-state index contributed by atoms with van der Waals surface area (Å²) in [5.74, 6) is 0. The van der Waals surface area contributed by atoms with E-state index in [1.807, 2.05) is 6.92 Å². The van der Waals surface area contributed by atoms with Crippen LogP contribution in [0.1, 0.15) is 20.3 Å². The van der Waals surface area contributed by atoms with Gasteiger partial charge in [-0.05, 0) is 13.3 Å². The van der Waals surface area contributed by atoms with Gasteiger partial charge in [-0.3, -0.25) is 4.98 Å². The van der Waals surface area contributed by atoms with Crippen LogP contribution in [0.2, 0.25) is 0 Å². The predicted molar refractivity (Wildman–Crippen MR) is 61.6 cm³/mol. The number of nitrogens with zero attached hydrogens (tertiary/aromatic N) is 2. The molecule has 1 aromatic rings. The average Bonchev–Trinajstić information content (AvgIpc) is 2.18. The lowest BCUT2D eigenvalue weighted by molar-refractivity contribution is 0.0608. The third-order valence-corrected chi connectivity index (χ3v) is 3.05. The van der Waals surface area contributed by atoms with Crippen molar-refractivity contribution in [3.8, 4) is 0 Å². The lowest BCUT2D eigenvalue weighted by Gasteiger charge is -2.24. The van der Waals surface area contributed by atoms with Gasteiger partial charge in [0.1, 0.15) is 5.03 Å². The van der Waals surface area contributed by atoms with Gasteiger partial charge >= 0.3 is 0 Å². The van der Waals surface area contributed by atoms with Gasteiger partial charge in [0.25, 0.3) is 0 Å². The SMILES string of the molecule is CC(CC(C)(O)CN)Sc1cnccn1. The monoisotopic (exact) mass is 227 g/mol. The van der Waals surface area contributed by atoms with Crippen molar-refractivity contribution in [2.24, 2.45) is 5.73 Å². The Kier molecular flexibility index (Phi) is 4.50. The van der Waals surface area contributed by atoms with Gasteiger partial charge in [0, 0.05) is 24.2 Å². The Morgan fingerprint density at radius 3 is 2.87 bits per heavy atom. The van der Waals surface area contributed by atoms with E-state index in [1.165, 1.54) is 0 Å². The van der Waals surface area contributed by atoms with Gasteiger partial charge in [0.2, 0.25) is 0 Å². The second-order valence-corrected chi connectivity index (χ2v) is 5.34. The molecule has 84 valence electrons. The molecule has 4 nitrogen and oxygen atoms in total. The summed E-state index contributed by atoms with van der Waals surface area (Å²) in [5.41, 5.74) is 4.66. The molecule has 2 atom stereocenters. The maximum atomic E-state index is 9.80. The Hall–Kier alpha value is -0.650. The van der Waals surface area contributed by atoms with E-state index in [1.54, 1.807) is 37.3 Å². The average molecular weight is 227 g/mol. The maximum Gasteiger partial charge on any atom is 0.115 e. The molecule has 0 aliphatic rings. The van der Waals surface area contributed by atoms with Crippen LogP contribution in [0.15, 0.2) is 23.6 Å². The Balaban J connectivity index is 2.46. The molecule has 15 heavy (non-hydrogen) atoms. The number of aliphatic hydroxyl groups is 1. The van der Waals surface area contributed by atoms with Crippen molar-refractivity contribution in [3.05, 3.63) is 18.6 Å². The molecule has 1 rings (SSSR count). The molecule has 0 amide bonds. The maximum absolute atomic E-state index is 9.80. The van der Waals surface area contributed by atoms with E-state index in [2.05, 4.69) is 9.97 Å². The molecule has 0 aliphatic carbocycles. The predicted octanol–water partition coefficient (Wildman–Crippen LogP) is 1.06. The first-order chi connectivity index (χ1) is 7.03. The number of nitrogens with two attached hydrogens (primary N) is 1. The van der Waals surface area contributed by atoms with Gasteiger partial charge in [-0.15, -0.1) is 11.8 Å². The van der Waals surface area contributed by atoms with Gasteiger partial charge in [-0.25, -0.2) is 4.98 Å². The van der Waals surface area contributed by atoms with Crippen molar-refractivity contribution < 1.29 is 5.11 Å². The van der Waals surface area contributed by atoms with E-state index in [-0.39, 0.29) is 11.8 Å². The van der Waals surface area contributed by atoms with Crippen molar-refractivity contribution in [2.45, 2.75) is 36.1 Å². The Morgan fingerprint density at radius 1 is 1.60 bits per heavy atom. The van der Waals surface area contributed by atoms with Gasteiger partial charge in [-0.1, -0.05) is 6.92 Å². The van der Waals surface area contributed by atoms with Crippen LogP contribution in [0.5, 0.6) is 0 Å². The molecule has 5 heteroatoms. The third-order valence-electron chi connectivity index (χ3n) is 2.03. The van der Waals surface area contributed by atoms with E-state index in [0.29, 0.717) is 6.42 Å². The Labute approximate surface area is 94.3 Å². The molecule has 0 saturated heterocycles. The zero-order valence-electron chi connectivity index (χ0n) is 9.05. The first kappa shape index (κ1) is 12.4. The summed E-state index contributed by atoms with van der Waals surface area (Å²) in [6.45, 7) is 4.07. The molecule has 0 bridgehead atoms. The lowest BCUT2D eigenvalue weighted by atomic mass is 10.0. The zero-order valence-corrected chi connectivity index (χ0v) is 9.87. The first-order valence-electron chi connectivity index (χ1n) is 4.88. The van der Waals surface area contributed by atoms with Gasteiger partial charge in [-0.2, -0.15) is 0 Å². The van der Waals surface area contributed by atoms with Gasteiger partial charge < -0.3 is 10.8 Å². The summed E-state index contributed by atoms with van der Waals surface area (Å²) < 4.78 is 0. The molecule has 0 radical (unpaired) electrons. The minimum Gasteiger partial charge on any atom is -0.389 e. The molecule has 0 spiro atoms. The van der Waals surface area contributed by atoms with Gasteiger partial charge in [0.05, 0.1) is 11.8 Å². The zero-order chi connectivity index (χ0) is 11.3. The fourth-order valence-corrected chi connectivity index (χ4v) is 2.39. The number of hydrogen-bond donors (Lipinski definition) is 2. The van der Waals surface area contributed by atoms with E-state index in [0.717, 1.165) is 5.03 Å². The third kappa shape index (κ3) is 4.59. The Bertz CT molecular complexity index is 292. The van der Waals surface area contributed by atoms with Gasteiger partial charge in [0.15, 0.2) is 0 Å². The highest BCUT2D eigenvalue weighted by Crippen LogP contribution is 2.26. The fourth-order valence-electron chi connectivity index (χ4n) is 1.30. The summed E-state index contributed by atoms with van der Waals surface area (Å²) in [6.07, 6.45) is 5.67.